The molecule has 0 unspecified atom stereocenters. The zero-order valence-electron chi connectivity index (χ0n) is 14.0. The first-order valence-electron chi connectivity index (χ1n) is 8.47. The van der Waals surface area contributed by atoms with Gasteiger partial charge in [-0.15, -0.1) is 0 Å². The smallest absolute Gasteiger partial charge is 0.137 e. The average molecular weight is 454 g/mol. The van der Waals surface area contributed by atoms with Crippen LogP contribution < -0.4 is 0 Å². The average Bonchev–Trinajstić information content (AvgIpc) is 2.67. The highest BCUT2D eigenvalue weighted by atomic mass is 127. The molecule has 0 aliphatic carbocycles. The molecule has 1 heterocycles. The molecule has 1 N–H and O–H groups in total. The van der Waals surface area contributed by atoms with Crippen LogP contribution in [0, 0.1) is 0 Å². The van der Waals surface area contributed by atoms with Crippen molar-refractivity contribution < 1.29 is 19.3 Å². The summed E-state index contributed by atoms with van der Waals surface area (Å²) in [6.07, 6.45) is 0.130. The Labute approximate surface area is 162 Å². The molecule has 1 aliphatic heterocycles. The van der Waals surface area contributed by atoms with Gasteiger partial charge in [-0.2, -0.15) is 0 Å². The van der Waals surface area contributed by atoms with Gasteiger partial charge < -0.3 is 19.3 Å². The van der Waals surface area contributed by atoms with Crippen LogP contribution in [0.3, 0.4) is 0 Å². The Hall–Kier alpha value is -0.990. The maximum absolute atomic E-state index is 9.48. The SMILES string of the molecule is OC[C@@H]1C[C@H](OCc2ccccc2)[C@@H](OCc2ccccc2)[C@@H](I)O1. The van der Waals surface area contributed by atoms with Crippen molar-refractivity contribution in [2.75, 3.05) is 6.61 Å². The molecule has 2 aromatic rings. The van der Waals surface area contributed by atoms with Crippen molar-refractivity contribution in [3.63, 3.8) is 0 Å². The molecule has 134 valence electrons. The highest BCUT2D eigenvalue weighted by molar-refractivity contribution is 14.1. The van der Waals surface area contributed by atoms with Gasteiger partial charge in [-0.3, -0.25) is 0 Å². The fourth-order valence-corrected chi connectivity index (χ4v) is 3.97. The van der Waals surface area contributed by atoms with E-state index in [0.717, 1.165) is 11.1 Å². The lowest BCUT2D eigenvalue weighted by Gasteiger charge is -2.39. The van der Waals surface area contributed by atoms with Gasteiger partial charge in [0.25, 0.3) is 0 Å². The maximum atomic E-state index is 9.48. The third-order valence-electron chi connectivity index (χ3n) is 4.24. The number of aliphatic hydroxyl groups is 1. The van der Waals surface area contributed by atoms with E-state index in [4.69, 9.17) is 14.2 Å². The standard InChI is InChI=1S/C20H23IO4/c21-20-19(24-14-16-9-5-2-6-10-16)18(11-17(12-22)25-20)23-13-15-7-3-1-4-8-15/h1-10,17-20,22H,11-14H2/t17-,18-,19+,20-/m0/s1. The Morgan fingerprint density at radius 2 is 1.48 bits per heavy atom. The first kappa shape index (κ1) is 18.8. The Kier molecular flexibility index (Phi) is 7.24. The second-order valence-corrected chi connectivity index (χ2v) is 7.35. The van der Waals surface area contributed by atoms with Crippen LogP contribution in [0.2, 0.25) is 0 Å². The summed E-state index contributed by atoms with van der Waals surface area (Å²) in [6.45, 7) is 1.04. The zero-order valence-corrected chi connectivity index (χ0v) is 16.1. The van der Waals surface area contributed by atoms with Crippen LogP contribution in [0.25, 0.3) is 0 Å². The third kappa shape index (κ3) is 5.49. The topological polar surface area (TPSA) is 47.9 Å². The summed E-state index contributed by atoms with van der Waals surface area (Å²) >= 11 is 2.23. The van der Waals surface area contributed by atoms with Gasteiger partial charge in [-0.05, 0) is 33.7 Å². The van der Waals surface area contributed by atoms with Crippen LogP contribution in [-0.2, 0) is 27.4 Å². The lowest BCUT2D eigenvalue weighted by Crippen LogP contribution is -2.49. The molecule has 2 aromatic carbocycles. The van der Waals surface area contributed by atoms with Gasteiger partial charge in [-0.1, -0.05) is 60.7 Å². The van der Waals surface area contributed by atoms with E-state index in [2.05, 4.69) is 22.6 Å². The molecule has 1 aliphatic rings. The number of benzene rings is 2. The quantitative estimate of drug-likeness (QED) is 0.512. The molecule has 4 atom stereocenters. The normalized spacial score (nSPS) is 26.5. The molecule has 3 rings (SSSR count). The Bertz CT molecular complexity index is 622. The lowest BCUT2D eigenvalue weighted by molar-refractivity contribution is -0.183. The van der Waals surface area contributed by atoms with E-state index in [1.54, 1.807) is 0 Å². The van der Waals surface area contributed by atoms with Gasteiger partial charge in [0.05, 0.1) is 32.0 Å². The van der Waals surface area contributed by atoms with Gasteiger partial charge in [0.15, 0.2) is 0 Å². The van der Waals surface area contributed by atoms with Crippen LogP contribution in [0.15, 0.2) is 60.7 Å². The van der Waals surface area contributed by atoms with Gasteiger partial charge in [-0.25, -0.2) is 0 Å². The first-order valence-corrected chi connectivity index (χ1v) is 9.72. The van der Waals surface area contributed by atoms with Crippen molar-refractivity contribution in [1.82, 2.24) is 0 Å². The summed E-state index contributed by atoms with van der Waals surface area (Å²) in [6, 6.07) is 20.2. The number of hydrogen-bond acceptors (Lipinski definition) is 4. The molecule has 25 heavy (non-hydrogen) atoms. The molecule has 0 bridgehead atoms. The Morgan fingerprint density at radius 3 is 2.04 bits per heavy atom. The Morgan fingerprint density at radius 1 is 0.920 bits per heavy atom. The summed E-state index contributed by atoms with van der Waals surface area (Å²) in [7, 11) is 0. The summed E-state index contributed by atoms with van der Waals surface area (Å²) < 4.78 is 18.0. The van der Waals surface area contributed by atoms with Crippen molar-refractivity contribution >= 4 is 22.6 Å². The molecule has 1 fully saturated rings. The van der Waals surface area contributed by atoms with Gasteiger partial charge in [0.2, 0.25) is 0 Å². The highest BCUT2D eigenvalue weighted by Crippen LogP contribution is 2.30. The molecule has 4 nitrogen and oxygen atoms in total. The molecule has 0 aromatic heterocycles. The Balaban J connectivity index is 1.63. The molecule has 1 saturated heterocycles. The molecular weight excluding hydrogens is 431 g/mol. The summed E-state index contributed by atoms with van der Waals surface area (Å²) in [4.78, 5) is 0. The number of ether oxygens (including phenoxy) is 3. The maximum Gasteiger partial charge on any atom is 0.137 e. The summed E-state index contributed by atoms with van der Waals surface area (Å²) in [5.74, 6) is 0. The minimum Gasteiger partial charge on any atom is -0.394 e. The molecule has 0 saturated carbocycles. The monoisotopic (exact) mass is 454 g/mol. The minimum atomic E-state index is -0.209. The lowest BCUT2D eigenvalue weighted by atomic mass is 10.0. The number of alkyl halides is 1. The first-order chi connectivity index (χ1) is 12.3. The van der Waals surface area contributed by atoms with Crippen molar-refractivity contribution in [2.45, 2.75) is 42.1 Å². The third-order valence-corrected chi connectivity index (χ3v) is 5.24. The minimum absolute atomic E-state index is 0.00387. The predicted molar refractivity (Wildman–Crippen MR) is 104 cm³/mol. The fraction of sp³-hybridized carbons (Fsp3) is 0.400. The summed E-state index contributed by atoms with van der Waals surface area (Å²) in [5, 5.41) is 9.48. The van der Waals surface area contributed by atoms with Gasteiger partial charge in [0.1, 0.15) is 10.2 Å². The molecular formula is C20H23IO4. The van der Waals surface area contributed by atoms with Gasteiger partial charge in [0, 0.05) is 6.42 Å². The molecule has 0 radical (unpaired) electrons. The van der Waals surface area contributed by atoms with Crippen molar-refractivity contribution in [2.24, 2.45) is 0 Å². The number of hydrogen-bond donors (Lipinski definition) is 1. The van der Waals surface area contributed by atoms with Crippen molar-refractivity contribution in [3.8, 4) is 0 Å². The van der Waals surface area contributed by atoms with Crippen LogP contribution in [0.5, 0.6) is 0 Å². The van der Waals surface area contributed by atoms with E-state index in [-0.39, 0.29) is 29.0 Å². The van der Waals surface area contributed by atoms with E-state index >= 15 is 0 Å². The van der Waals surface area contributed by atoms with Gasteiger partial charge >= 0.3 is 0 Å². The van der Waals surface area contributed by atoms with Crippen molar-refractivity contribution in [3.05, 3.63) is 71.8 Å². The van der Waals surface area contributed by atoms with E-state index in [1.807, 2.05) is 60.7 Å². The largest absolute Gasteiger partial charge is 0.394 e. The number of rotatable bonds is 7. The molecule has 0 amide bonds. The highest BCUT2D eigenvalue weighted by Gasteiger charge is 2.38. The second-order valence-electron chi connectivity index (χ2n) is 6.12. The zero-order chi connectivity index (χ0) is 17.5. The number of aliphatic hydroxyl groups excluding tert-OH is 1. The fourth-order valence-electron chi connectivity index (χ4n) is 2.89. The van der Waals surface area contributed by atoms with E-state index in [0.29, 0.717) is 19.6 Å². The number of halogens is 1. The van der Waals surface area contributed by atoms with E-state index < -0.39 is 0 Å². The summed E-state index contributed by atoms with van der Waals surface area (Å²) in [5.41, 5.74) is 2.25. The second kappa shape index (κ2) is 9.64. The van der Waals surface area contributed by atoms with E-state index in [1.165, 1.54) is 0 Å². The van der Waals surface area contributed by atoms with Crippen LogP contribution in [0.1, 0.15) is 17.5 Å². The van der Waals surface area contributed by atoms with Crippen LogP contribution in [0.4, 0.5) is 0 Å². The van der Waals surface area contributed by atoms with Crippen molar-refractivity contribution in [1.29, 1.82) is 0 Å². The molecule has 5 heteroatoms. The van der Waals surface area contributed by atoms with Crippen LogP contribution >= 0.6 is 22.6 Å². The van der Waals surface area contributed by atoms with Crippen LogP contribution in [-0.4, -0.2) is 34.1 Å². The van der Waals surface area contributed by atoms with E-state index in [9.17, 15) is 5.11 Å². The predicted octanol–water partition coefficient (Wildman–Crippen LogP) is 3.70. The molecule has 0 spiro atoms.